The van der Waals surface area contributed by atoms with E-state index in [1.165, 1.54) is 12.1 Å². The van der Waals surface area contributed by atoms with Crippen molar-refractivity contribution in [2.24, 2.45) is 0 Å². The first kappa shape index (κ1) is 13.7. The van der Waals surface area contributed by atoms with Crippen molar-refractivity contribution < 1.29 is 13.2 Å². The monoisotopic (exact) mass is 291 g/mol. The number of benzene rings is 1. The Kier molecular flexibility index (Phi) is 4.17. The SMILES string of the molecule is FC(F)(F)c1cccc(CCC2CSC(=S)N2)c1. The number of nitrogens with one attached hydrogen (secondary N) is 1. The molecule has 1 aliphatic rings. The number of thioether (sulfide) groups is 1. The second kappa shape index (κ2) is 5.48. The normalized spacial score (nSPS) is 19.9. The highest BCUT2D eigenvalue weighted by atomic mass is 32.2. The van der Waals surface area contributed by atoms with Gasteiger partial charge in [0.1, 0.15) is 4.32 Å². The van der Waals surface area contributed by atoms with Crippen molar-refractivity contribution in [3.63, 3.8) is 0 Å². The van der Waals surface area contributed by atoms with Crippen LogP contribution in [0.1, 0.15) is 17.5 Å². The van der Waals surface area contributed by atoms with Crippen molar-refractivity contribution in [3.05, 3.63) is 35.4 Å². The van der Waals surface area contributed by atoms with Gasteiger partial charge in [-0.2, -0.15) is 13.2 Å². The smallest absolute Gasteiger partial charge is 0.367 e. The van der Waals surface area contributed by atoms with Gasteiger partial charge < -0.3 is 5.32 Å². The number of hydrogen-bond acceptors (Lipinski definition) is 2. The van der Waals surface area contributed by atoms with E-state index < -0.39 is 11.7 Å². The average Bonchev–Trinajstić information content (AvgIpc) is 2.72. The van der Waals surface area contributed by atoms with Crippen LogP contribution < -0.4 is 5.32 Å². The van der Waals surface area contributed by atoms with E-state index in [2.05, 4.69) is 5.32 Å². The quantitative estimate of drug-likeness (QED) is 0.854. The van der Waals surface area contributed by atoms with E-state index in [1.807, 2.05) is 0 Å². The van der Waals surface area contributed by atoms with Gasteiger partial charge >= 0.3 is 6.18 Å². The molecule has 0 amide bonds. The zero-order valence-corrected chi connectivity index (χ0v) is 11.1. The predicted molar refractivity (Wildman–Crippen MR) is 71.7 cm³/mol. The van der Waals surface area contributed by atoms with Crippen LogP contribution >= 0.6 is 24.0 Å². The lowest BCUT2D eigenvalue weighted by atomic mass is 10.0. The number of rotatable bonds is 3. The second-order valence-corrected chi connectivity index (χ2v) is 5.87. The molecule has 1 atom stereocenters. The number of hydrogen-bond donors (Lipinski definition) is 1. The topological polar surface area (TPSA) is 12.0 Å². The van der Waals surface area contributed by atoms with Gasteiger partial charge in [-0.15, -0.1) is 0 Å². The van der Waals surface area contributed by atoms with Gasteiger partial charge in [-0.05, 0) is 24.5 Å². The molecule has 1 aromatic rings. The Morgan fingerprint density at radius 3 is 2.78 bits per heavy atom. The lowest BCUT2D eigenvalue weighted by molar-refractivity contribution is -0.137. The third-order valence-corrected chi connectivity index (χ3v) is 4.19. The number of alkyl halides is 3. The van der Waals surface area contributed by atoms with Gasteiger partial charge in [-0.25, -0.2) is 0 Å². The van der Waals surface area contributed by atoms with E-state index in [9.17, 15) is 13.2 Å². The fourth-order valence-corrected chi connectivity index (χ4v) is 3.05. The van der Waals surface area contributed by atoms with Crippen molar-refractivity contribution in [3.8, 4) is 0 Å². The van der Waals surface area contributed by atoms with Crippen molar-refractivity contribution in [1.29, 1.82) is 0 Å². The van der Waals surface area contributed by atoms with Crippen LogP contribution in [-0.4, -0.2) is 16.1 Å². The van der Waals surface area contributed by atoms with Crippen LogP contribution in [0.4, 0.5) is 13.2 Å². The fraction of sp³-hybridized carbons (Fsp3) is 0.417. The van der Waals surface area contributed by atoms with E-state index in [0.29, 0.717) is 6.42 Å². The third-order valence-electron chi connectivity index (χ3n) is 2.77. The Labute approximate surface area is 113 Å². The highest BCUT2D eigenvalue weighted by Gasteiger charge is 2.30. The molecule has 0 aromatic heterocycles. The van der Waals surface area contributed by atoms with Crippen molar-refractivity contribution in [1.82, 2.24) is 5.32 Å². The van der Waals surface area contributed by atoms with Gasteiger partial charge in [0.05, 0.1) is 5.56 Å². The van der Waals surface area contributed by atoms with Gasteiger partial charge in [0.15, 0.2) is 0 Å². The molecule has 0 bridgehead atoms. The summed E-state index contributed by atoms with van der Waals surface area (Å²) >= 11 is 6.59. The van der Waals surface area contributed by atoms with Gasteiger partial charge in [-0.3, -0.25) is 0 Å². The average molecular weight is 291 g/mol. The first-order chi connectivity index (χ1) is 8.45. The summed E-state index contributed by atoms with van der Waals surface area (Å²) in [5.74, 6) is 0.901. The molecule has 0 spiro atoms. The second-order valence-electron chi connectivity index (χ2n) is 4.18. The summed E-state index contributed by atoms with van der Waals surface area (Å²) in [6.07, 6.45) is -2.84. The lowest BCUT2D eigenvalue weighted by Crippen LogP contribution is -2.26. The summed E-state index contributed by atoms with van der Waals surface area (Å²) in [5, 5.41) is 3.14. The third kappa shape index (κ3) is 3.62. The Morgan fingerprint density at radius 1 is 1.39 bits per heavy atom. The van der Waals surface area contributed by atoms with E-state index in [1.54, 1.807) is 17.8 Å². The summed E-state index contributed by atoms with van der Waals surface area (Å²) in [5.41, 5.74) is 0.138. The van der Waals surface area contributed by atoms with E-state index >= 15 is 0 Å². The molecule has 0 radical (unpaired) electrons. The summed E-state index contributed by atoms with van der Waals surface area (Å²) < 4.78 is 38.4. The first-order valence-electron chi connectivity index (χ1n) is 5.54. The summed E-state index contributed by atoms with van der Waals surface area (Å²) in [6.45, 7) is 0. The molecule has 1 fully saturated rings. The predicted octanol–water partition coefficient (Wildman–Crippen LogP) is 3.63. The lowest BCUT2D eigenvalue weighted by Gasteiger charge is -2.11. The van der Waals surface area contributed by atoms with Gasteiger partial charge in [0.25, 0.3) is 0 Å². The number of aryl methyl sites for hydroxylation is 1. The Hall–Kier alpha value is -0.750. The number of thiocarbonyl (C=S) groups is 1. The summed E-state index contributed by atoms with van der Waals surface area (Å²) in [6, 6.07) is 5.79. The van der Waals surface area contributed by atoms with Crippen LogP contribution in [0, 0.1) is 0 Å². The zero-order chi connectivity index (χ0) is 13.2. The highest BCUT2D eigenvalue weighted by molar-refractivity contribution is 8.23. The maximum absolute atomic E-state index is 12.5. The molecule has 1 aliphatic heterocycles. The molecule has 2 rings (SSSR count). The minimum atomic E-state index is -4.26. The molecular weight excluding hydrogens is 279 g/mol. The van der Waals surface area contributed by atoms with E-state index in [4.69, 9.17) is 12.2 Å². The van der Waals surface area contributed by atoms with Crippen LogP contribution in [0.3, 0.4) is 0 Å². The molecule has 98 valence electrons. The van der Waals surface area contributed by atoms with Crippen LogP contribution in [-0.2, 0) is 12.6 Å². The van der Waals surface area contributed by atoms with Gasteiger partial charge in [0.2, 0.25) is 0 Å². The molecule has 0 aliphatic carbocycles. The molecule has 1 saturated heterocycles. The maximum Gasteiger partial charge on any atom is 0.416 e. The minimum absolute atomic E-state index is 0.275. The van der Waals surface area contributed by atoms with Crippen molar-refractivity contribution >= 4 is 28.3 Å². The molecule has 18 heavy (non-hydrogen) atoms. The summed E-state index contributed by atoms with van der Waals surface area (Å²) in [4.78, 5) is 0. The largest absolute Gasteiger partial charge is 0.416 e. The van der Waals surface area contributed by atoms with Crippen LogP contribution in [0.15, 0.2) is 24.3 Å². The van der Waals surface area contributed by atoms with Crippen LogP contribution in [0.2, 0.25) is 0 Å². The molecule has 1 unspecified atom stereocenters. The van der Waals surface area contributed by atoms with Crippen LogP contribution in [0.25, 0.3) is 0 Å². The van der Waals surface area contributed by atoms with Gasteiger partial charge in [-0.1, -0.05) is 42.2 Å². The van der Waals surface area contributed by atoms with E-state index in [-0.39, 0.29) is 6.04 Å². The Morgan fingerprint density at radius 2 is 2.17 bits per heavy atom. The summed E-state index contributed by atoms with van der Waals surface area (Å²) in [7, 11) is 0. The molecule has 1 N–H and O–H groups in total. The minimum Gasteiger partial charge on any atom is -0.367 e. The molecule has 1 nitrogen and oxygen atoms in total. The maximum atomic E-state index is 12.5. The molecule has 1 heterocycles. The Bertz CT molecular complexity index is 445. The molecular formula is C12H12F3NS2. The van der Waals surface area contributed by atoms with E-state index in [0.717, 1.165) is 28.1 Å². The number of halogens is 3. The fourth-order valence-electron chi connectivity index (χ4n) is 1.83. The van der Waals surface area contributed by atoms with Crippen molar-refractivity contribution in [2.45, 2.75) is 25.1 Å². The highest BCUT2D eigenvalue weighted by Crippen LogP contribution is 2.30. The molecule has 0 saturated carbocycles. The molecule has 6 heteroatoms. The molecule has 1 aromatic carbocycles. The van der Waals surface area contributed by atoms with Gasteiger partial charge in [0, 0.05) is 11.8 Å². The zero-order valence-electron chi connectivity index (χ0n) is 9.46. The first-order valence-corrected chi connectivity index (χ1v) is 6.94. The van der Waals surface area contributed by atoms with Crippen molar-refractivity contribution in [2.75, 3.05) is 5.75 Å². The van der Waals surface area contributed by atoms with Crippen LogP contribution in [0.5, 0.6) is 0 Å². The Balaban J connectivity index is 1.95. The standard InChI is InChI=1S/C12H12F3NS2/c13-12(14,15)9-3-1-2-8(6-9)4-5-10-7-18-11(17)16-10/h1-3,6,10H,4-5,7H2,(H,16,17).